The SMILES string of the molecule is O=C(c1ccnnc1)N1Cc2cc(N3CCOCC3)ccc2[C@H]1c1cnco1. The number of hydrogen-bond acceptors (Lipinski definition) is 7. The Morgan fingerprint density at radius 2 is 2.00 bits per heavy atom. The third-order valence-corrected chi connectivity index (χ3v) is 5.26. The normalized spacial score (nSPS) is 18.9. The smallest absolute Gasteiger partial charge is 0.256 e. The van der Waals surface area contributed by atoms with Gasteiger partial charge < -0.3 is 19.0 Å². The molecule has 2 aliphatic rings. The molecular weight excluding hydrogens is 358 g/mol. The Balaban J connectivity index is 1.52. The summed E-state index contributed by atoms with van der Waals surface area (Å²) in [5, 5.41) is 7.60. The van der Waals surface area contributed by atoms with Gasteiger partial charge >= 0.3 is 0 Å². The lowest BCUT2D eigenvalue weighted by molar-refractivity contribution is 0.0702. The average molecular weight is 377 g/mol. The fraction of sp³-hybridized carbons (Fsp3) is 0.300. The van der Waals surface area contributed by atoms with Crippen molar-refractivity contribution >= 4 is 11.6 Å². The van der Waals surface area contributed by atoms with Crippen LogP contribution in [-0.2, 0) is 11.3 Å². The number of fused-ring (bicyclic) bond motifs is 1. The molecule has 0 bridgehead atoms. The number of morpholine rings is 1. The predicted molar refractivity (Wildman–Crippen MR) is 99.7 cm³/mol. The van der Waals surface area contributed by atoms with Crippen LogP contribution >= 0.6 is 0 Å². The Morgan fingerprint density at radius 3 is 2.75 bits per heavy atom. The van der Waals surface area contributed by atoms with Crippen LogP contribution in [0, 0.1) is 0 Å². The molecule has 0 aliphatic carbocycles. The number of oxazole rings is 1. The summed E-state index contributed by atoms with van der Waals surface area (Å²) in [7, 11) is 0. The highest BCUT2D eigenvalue weighted by Gasteiger charge is 2.37. The Bertz CT molecular complexity index is 971. The highest BCUT2D eigenvalue weighted by Crippen LogP contribution is 2.40. The summed E-state index contributed by atoms with van der Waals surface area (Å²) >= 11 is 0. The summed E-state index contributed by atoms with van der Waals surface area (Å²) in [6, 6.07) is 7.73. The van der Waals surface area contributed by atoms with E-state index in [2.05, 4.69) is 38.3 Å². The summed E-state index contributed by atoms with van der Waals surface area (Å²) in [6.45, 7) is 3.71. The van der Waals surface area contributed by atoms with E-state index >= 15 is 0 Å². The lowest BCUT2D eigenvalue weighted by Gasteiger charge is -2.29. The number of rotatable bonds is 3. The van der Waals surface area contributed by atoms with Gasteiger partial charge in [0.2, 0.25) is 0 Å². The summed E-state index contributed by atoms with van der Waals surface area (Å²) in [6.07, 6.45) is 6.07. The Kier molecular flexibility index (Phi) is 4.25. The lowest BCUT2D eigenvalue weighted by Crippen LogP contribution is -2.36. The minimum atomic E-state index is -0.308. The molecule has 0 radical (unpaired) electrons. The summed E-state index contributed by atoms with van der Waals surface area (Å²) in [4.78, 5) is 21.3. The van der Waals surface area contributed by atoms with E-state index in [1.807, 2.05) is 0 Å². The second-order valence-electron chi connectivity index (χ2n) is 6.85. The van der Waals surface area contributed by atoms with Gasteiger partial charge in [-0.15, -0.1) is 0 Å². The highest BCUT2D eigenvalue weighted by atomic mass is 16.5. The Morgan fingerprint density at radius 1 is 1.11 bits per heavy atom. The first kappa shape index (κ1) is 16.9. The molecule has 1 amide bonds. The second kappa shape index (κ2) is 7.05. The second-order valence-corrected chi connectivity index (χ2v) is 6.85. The van der Waals surface area contributed by atoms with E-state index in [-0.39, 0.29) is 11.9 Å². The summed E-state index contributed by atoms with van der Waals surface area (Å²) < 4.78 is 11.0. The molecule has 2 aliphatic heterocycles. The van der Waals surface area contributed by atoms with Crippen molar-refractivity contribution in [1.82, 2.24) is 20.1 Å². The first-order valence-electron chi connectivity index (χ1n) is 9.23. The average Bonchev–Trinajstić information content (AvgIpc) is 3.41. The Labute approximate surface area is 161 Å². The van der Waals surface area contributed by atoms with E-state index in [1.54, 1.807) is 17.2 Å². The lowest BCUT2D eigenvalue weighted by atomic mass is 10.0. The topological polar surface area (TPSA) is 84.6 Å². The monoisotopic (exact) mass is 377 g/mol. The molecule has 8 heteroatoms. The molecule has 0 N–H and O–H groups in total. The number of benzene rings is 1. The fourth-order valence-corrected chi connectivity index (χ4v) is 3.90. The molecule has 3 aromatic rings. The van der Waals surface area contributed by atoms with E-state index in [1.165, 1.54) is 18.8 Å². The molecule has 1 fully saturated rings. The molecule has 0 saturated carbocycles. The minimum Gasteiger partial charge on any atom is -0.446 e. The zero-order valence-corrected chi connectivity index (χ0v) is 15.2. The third-order valence-electron chi connectivity index (χ3n) is 5.26. The van der Waals surface area contributed by atoms with Crippen LogP contribution in [0.2, 0.25) is 0 Å². The first-order chi connectivity index (χ1) is 13.8. The van der Waals surface area contributed by atoms with Crippen molar-refractivity contribution in [3.63, 3.8) is 0 Å². The molecule has 0 spiro atoms. The maximum atomic E-state index is 13.2. The van der Waals surface area contributed by atoms with Crippen LogP contribution in [0.5, 0.6) is 0 Å². The molecule has 8 nitrogen and oxygen atoms in total. The van der Waals surface area contributed by atoms with Crippen molar-refractivity contribution in [2.24, 2.45) is 0 Å². The molecule has 2 aromatic heterocycles. The number of anilines is 1. The largest absolute Gasteiger partial charge is 0.446 e. The van der Waals surface area contributed by atoms with Gasteiger partial charge in [-0.1, -0.05) is 6.07 Å². The number of ether oxygens (including phenoxy) is 1. The molecule has 4 heterocycles. The highest BCUT2D eigenvalue weighted by molar-refractivity contribution is 5.94. The van der Waals surface area contributed by atoms with Gasteiger partial charge in [0.05, 0.1) is 37.4 Å². The van der Waals surface area contributed by atoms with E-state index in [9.17, 15) is 4.79 Å². The van der Waals surface area contributed by atoms with Crippen LogP contribution in [0.15, 0.2) is 53.7 Å². The summed E-state index contributed by atoms with van der Waals surface area (Å²) in [5.74, 6) is 0.536. The number of hydrogen-bond donors (Lipinski definition) is 0. The predicted octanol–water partition coefficient (Wildman–Crippen LogP) is 2.05. The minimum absolute atomic E-state index is 0.111. The van der Waals surface area contributed by atoms with Crippen LogP contribution < -0.4 is 4.90 Å². The van der Waals surface area contributed by atoms with Gasteiger partial charge in [-0.2, -0.15) is 10.2 Å². The van der Waals surface area contributed by atoms with Crippen molar-refractivity contribution in [2.45, 2.75) is 12.6 Å². The molecule has 1 aromatic carbocycles. The van der Waals surface area contributed by atoms with Crippen molar-refractivity contribution in [2.75, 3.05) is 31.2 Å². The number of nitrogens with zero attached hydrogens (tertiary/aromatic N) is 5. The van der Waals surface area contributed by atoms with E-state index in [4.69, 9.17) is 9.15 Å². The van der Waals surface area contributed by atoms with Crippen molar-refractivity contribution in [3.05, 3.63) is 71.7 Å². The molecule has 28 heavy (non-hydrogen) atoms. The van der Waals surface area contributed by atoms with Gasteiger partial charge in [0, 0.05) is 25.3 Å². The quantitative estimate of drug-likeness (QED) is 0.691. The van der Waals surface area contributed by atoms with Crippen LogP contribution in [0.3, 0.4) is 0 Å². The summed E-state index contributed by atoms with van der Waals surface area (Å²) in [5.41, 5.74) is 3.82. The standard InChI is InChI=1S/C20H19N5O3/c26-20(14-3-4-22-23-10-14)25-12-15-9-16(24-5-7-27-8-6-24)1-2-17(15)19(25)18-11-21-13-28-18/h1-4,9-11,13,19H,5-8,12H2/t19-/m0/s1. The van der Waals surface area contributed by atoms with Gasteiger partial charge in [-0.25, -0.2) is 4.98 Å². The zero-order chi connectivity index (χ0) is 18.9. The molecule has 5 rings (SSSR count). The van der Waals surface area contributed by atoms with Crippen LogP contribution in [-0.4, -0.2) is 52.3 Å². The van der Waals surface area contributed by atoms with Gasteiger partial charge in [-0.05, 0) is 29.3 Å². The molecule has 0 unspecified atom stereocenters. The van der Waals surface area contributed by atoms with Crippen molar-refractivity contribution in [1.29, 1.82) is 0 Å². The number of aromatic nitrogens is 3. The van der Waals surface area contributed by atoms with Crippen LogP contribution in [0.25, 0.3) is 0 Å². The van der Waals surface area contributed by atoms with E-state index in [0.29, 0.717) is 17.9 Å². The Hall–Kier alpha value is -3.26. The van der Waals surface area contributed by atoms with Gasteiger partial charge in [-0.3, -0.25) is 4.79 Å². The van der Waals surface area contributed by atoms with Gasteiger partial charge in [0.25, 0.3) is 5.91 Å². The maximum Gasteiger partial charge on any atom is 0.256 e. The number of carbonyl (C=O) groups is 1. The molecule has 1 saturated heterocycles. The van der Waals surface area contributed by atoms with Gasteiger partial charge in [0.15, 0.2) is 12.2 Å². The third kappa shape index (κ3) is 2.91. The fourth-order valence-electron chi connectivity index (χ4n) is 3.90. The van der Waals surface area contributed by atoms with Crippen molar-refractivity contribution in [3.8, 4) is 0 Å². The van der Waals surface area contributed by atoms with Crippen LogP contribution in [0.1, 0.15) is 33.3 Å². The van der Waals surface area contributed by atoms with Gasteiger partial charge in [0.1, 0.15) is 6.04 Å². The number of amides is 1. The van der Waals surface area contributed by atoms with Crippen molar-refractivity contribution < 1.29 is 13.9 Å². The van der Waals surface area contributed by atoms with Crippen LogP contribution in [0.4, 0.5) is 5.69 Å². The molecular formula is C20H19N5O3. The molecule has 1 atom stereocenters. The first-order valence-corrected chi connectivity index (χ1v) is 9.23. The maximum absolute atomic E-state index is 13.2. The number of carbonyl (C=O) groups excluding carboxylic acids is 1. The van der Waals surface area contributed by atoms with E-state index in [0.717, 1.165) is 43.1 Å². The molecule has 142 valence electrons. The van der Waals surface area contributed by atoms with E-state index < -0.39 is 0 Å². The zero-order valence-electron chi connectivity index (χ0n) is 15.2.